The SMILES string of the molecule is CCCNC(=O)C(CC)N(Cc1ccc(F)cc1)C(=O)COc1ccc(C(C)(C)C)cc1. The molecule has 2 aromatic carbocycles. The van der Waals surface area contributed by atoms with Gasteiger partial charge in [0.15, 0.2) is 6.61 Å². The Hall–Kier alpha value is -2.89. The largest absolute Gasteiger partial charge is 0.484 e. The number of nitrogens with zero attached hydrogens (tertiary/aromatic N) is 1. The van der Waals surface area contributed by atoms with Gasteiger partial charge in [-0.3, -0.25) is 9.59 Å². The Morgan fingerprint density at radius 1 is 1.03 bits per heavy atom. The van der Waals surface area contributed by atoms with Crippen molar-refractivity contribution in [1.29, 1.82) is 0 Å². The molecule has 2 amide bonds. The fourth-order valence-corrected chi connectivity index (χ4v) is 3.35. The molecule has 2 aromatic rings. The Kier molecular flexibility index (Phi) is 9.24. The van der Waals surface area contributed by atoms with Gasteiger partial charge in [-0.05, 0) is 53.6 Å². The van der Waals surface area contributed by atoms with Crippen molar-refractivity contribution in [3.05, 3.63) is 65.5 Å². The molecule has 6 heteroatoms. The summed E-state index contributed by atoms with van der Waals surface area (Å²) in [6.07, 6.45) is 1.27. The maximum absolute atomic E-state index is 13.3. The Bertz CT molecular complexity index is 873. The lowest BCUT2D eigenvalue weighted by Gasteiger charge is -2.30. The summed E-state index contributed by atoms with van der Waals surface area (Å²) in [5.41, 5.74) is 1.95. The number of rotatable bonds is 10. The number of carbonyl (C=O) groups is 2. The number of nitrogens with one attached hydrogen (secondary N) is 1. The second-order valence-corrected chi connectivity index (χ2v) is 8.93. The van der Waals surface area contributed by atoms with Gasteiger partial charge in [-0.2, -0.15) is 0 Å². The maximum Gasteiger partial charge on any atom is 0.261 e. The van der Waals surface area contributed by atoms with E-state index < -0.39 is 6.04 Å². The highest BCUT2D eigenvalue weighted by Gasteiger charge is 2.28. The van der Waals surface area contributed by atoms with Crippen molar-refractivity contribution in [2.45, 2.75) is 65.5 Å². The summed E-state index contributed by atoms with van der Waals surface area (Å²) in [5.74, 6) is -0.245. The zero-order valence-corrected chi connectivity index (χ0v) is 19.8. The minimum atomic E-state index is -0.633. The highest BCUT2D eigenvalue weighted by molar-refractivity contribution is 5.88. The lowest BCUT2D eigenvalue weighted by molar-refractivity contribution is -0.143. The third kappa shape index (κ3) is 7.36. The van der Waals surface area contributed by atoms with Crippen molar-refractivity contribution in [3.8, 4) is 5.75 Å². The van der Waals surface area contributed by atoms with Crippen LogP contribution in [-0.4, -0.2) is 35.9 Å². The molecule has 0 heterocycles. The van der Waals surface area contributed by atoms with Gasteiger partial charge in [0.05, 0.1) is 0 Å². The summed E-state index contributed by atoms with van der Waals surface area (Å²) in [6.45, 7) is 10.8. The molecule has 0 spiro atoms. The average molecular weight is 443 g/mol. The van der Waals surface area contributed by atoms with Crippen LogP contribution in [0.3, 0.4) is 0 Å². The average Bonchev–Trinajstić information content (AvgIpc) is 2.76. The van der Waals surface area contributed by atoms with Gasteiger partial charge in [0.1, 0.15) is 17.6 Å². The molecular formula is C26H35FN2O3. The van der Waals surface area contributed by atoms with E-state index in [-0.39, 0.29) is 36.2 Å². The Labute approximate surface area is 191 Å². The second-order valence-electron chi connectivity index (χ2n) is 8.93. The van der Waals surface area contributed by atoms with Crippen LogP contribution in [0.15, 0.2) is 48.5 Å². The van der Waals surface area contributed by atoms with Gasteiger partial charge in [-0.25, -0.2) is 4.39 Å². The predicted molar refractivity (Wildman–Crippen MR) is 125 cm³/mol. The normalized spacial score (nSPS) is 12.2. The van der Waals surface area contributed by atoms with Crippen LogP contribution in [0.2, 0.25) is 0 Å². The van der Waals surface area contributed by atoms with E-state index in [2.05, 4.69) is 26.1 Å². The van der Waals surface area contributed by atoms with Gasteiger partial charge in [-0.15, -0.1) is 0 Å². The standard InChI is InChI=1S/C26H35FN2O3/c1-6-16-28-25(31)23(7-2)29(17-19-8-12-21(27)13-9-19)24(30)18-32-22-14-10-20(11-15-22)26(3,4)5/h8-15,23H,6-7,16-18H2,1-5H3,(H,28,31). The van der Waals surface area contributed by atoms with Crippen LogP contribution in [-0.2, 0) is 21.5 Å². The van der Waals surface area contributed by atoms with Crippen molar-refractivity contribution in [1.82, 2.24) is 10.2 Å². The molecule has 0 saturated carbocycles. The molecule has 174 valence electrons. The van der Waals surface area contributed by atoms with Gasteiger partial charge >= 0.3 is 0 Å². The fraction of sp³-hybridized carbons (Fsp3) is 0.462. The van der Waals surface area contributed by atoms with Gasteiger partial charge in [0.2, 0.25) is 5.91 Å². The van der Waals surface area contributed by atoms with Crippen molar-refractivity contribution in [2.24, 2.45) is 0 Å². The minimum Gasteiger partial charge on any atom is -0.484 e. The topological polar surface area (TPSA) is 58.6 Å². The third-order valence-corrected chi connectivity index (χ3v) is 5.28. The van der Waals surface area contributed by atoms with Gasteiger partial charge < -0.3 is 15.0 Å². The van der Waals surface area contributed by atoms with Crippen LogP contribution >= 0.6 is 0 Å². The number of carbonyl (C=O) groups excluding carboxylic acids is 2. The van der Waals surface area contributed by atoms with Gasteiger partial charge in [-0.1, -0.05) is 58.9 Å². The van der Waals surface area contributed by atoms with Crippen molar-refractivity contribution < 1.29 is 18.7 Å². The van der Waals surface area contributed by atoms with E-state index in [9.17, 15) is 14.0 Å². The van der Waals surface area contributed by atoms with E-state index in [0.29, 0.717) is 18.7 Å². The number of benzene rings is 2. The highest BCUT2D eigenvalue weighted by atomic mass is 19.1. The zero-order valence-electron chi connectivity index (χ0n) is 19.8. The molecule has 0 aromatic heterocycles. The first-order chi connectivity index (χ1) is 15.2. The summed E-state index contributed by atoms with van der Waals surface area (Å²) in [7, 11) is 0. The summed E-state index contributed by atoms with van der Waals surface area (Å²) in [5, 5.41) is 2.87. The summed E-state index contributed by atoms with van der Waals surface area (Å²) in [4.78, 5) is 27.4. The van der Waals surface area contributed by atoms with Crippen molar-refractivity contribution in [3.63, 3.8) is 0 Å². The molecular weight excluding hydrogens is 407 g/mol. The number of halogens is 1. The molecule has 5 nitrogen and oxygen atoms in total. The molecule has 1 N–H and O–H groups in total. The Morgan fingerprint density at radius 2 is 1.66 bits per heavy atom. The maximum atomic E-state index is 13.3. The number of ether oxygens (including phenoxy) is 1. The first kappa shape index (κ1) is 25.4. The first-order valence-corrected chi connectivity index (χ1v) is 11.2. The molecule has 0 bridgehead atoms. The van der Waals surface area contributed by atoms with Crippen LogP contribution < -0.4 is 10.1 Å². The second kappa shape index (κ2) is 11.7. The van der Waals surface area contributed by atoms with Crippen LogP contribution in [0.25, 0.3) is 0 Å². The number of hydrogen-bond donors (Lipinski definition) is 1. The molecule has 0 saturated heterocycles. The van der Waals surface area contributed by atoms with E-state index in [0.717, 1.165) is 12.0 Å². The van der Waals surface area contributed by atoms with E-state index in [1.54, 1.807) is 12.1 Å². The monoisotopic (exact) mass is 442 g/mol. The van der Waals surface area contributed by atoms with E-state index in [1.807, 2.05) is 38.1 Å². The molecule has 0 fully saturated rings. The lowest BCUT2D eigenvalue weighted by Crippen LogP contribution is -2.50. The molecule has 2 rings (SSSR count). The molecule has 0 aliphatic heterocycles. The first-order valence-electron chi connectivity index (χ1n) is 11.2. The molecule has 0 aliphatic rings. The Morgan fingerprint density at radius 3 is 2.19 bits per heavy atom. The summed E-state index contributed by atoms with van der Waals surface area (Å²) in [6, 6.07) is 13.0. The van der Waals surface area contributed by atoms with Crippen LogP contribution in [0, 0.1) is 5.82 Å². The summed E-state index contributed by atoms with van der Waals surface area (Å²) < 4.78 is 19.1. The van der Waals surface area contributed by atoms with E-state index in [4.69, 9.17) is 4.74 Å². The predicted octanol–water partition coefficient (Wildman–Crippen LogP) is 4.84. The van der Waals surface area contributed by atoms with Crippen molar-refractivity contribution in [2.75, 3.05) is 13.2 Å². The zero-order chi connectivity index (χ0) is 23.7. The minimum absolute atomic E-state index is 0.0283. The van der Waals surface area contributed by atoms with Crippen LogP contribution in [0.4, 0.5) is 4.39 Å². The lowest BCUT2D eigenvalue weighted by atomic mass is 9.87. The quantitative estimate of drug-likeness (QED) is 0.573. The molecule has 1 unspecified atom stereocenters. The molecule has 32 heavy (non-hydrogen) atoms. The Balaban J connectivity index is 2.16. The van der Waals surface area contributed by atoms with Crippen LogP contribution in [0.5, 0.6) is 5.75 Å². The van der Waals surface area contributed by atoms with Crippen molar-refractivity contribution >= 4 is 11.8 Å². The van der Waals surface area contributed by atoms with E-state index in [1.165, 1.54) is 22.6 Å². The van der Waals surface area contributed by atoms with Gasteiger partial charge in [0.25, 0.3) is 5.91 Å². The molecule has 0 radical (unpaired) electrons. The summed E-state index contributed by atoms with van der Waals surface area (Å²) >= 11 is 0. The van der Waals surface area contributed by atoms with Crippen LogP contribution in [0.1, 0.15) is 58.6 Å². The molecule has 0 aliphatic carbocycles. The number of hydrogen-bond acceptors (Lipinski definition) is 3. The highest BCUT2D eigenvalue weighted by Crippen LogP contribution is 2.24. The van der Waals surface area contributed by atoms with Gasteiger partial charge in [0, 0.05) is 13.1 Å². The van der Waals surface area contributed by atoms with E-state index >= 15 is 0 Å². The smallest absolute Gasteiger partial charge is 0.261 e. The number of amides is 2. The fourth-order valence-electron chi connectivity index (χ4n) is 3.35. The molecule has 1 atom stereocenters. The third-order valence-electron chi connectivity index (χ3n) is 5.28.